The molecule has 17 nitrogen and oxygen atoms in total. The molecule has 0 saturated heterocycles. The lowest BCUT2D eigenvalue weighted by molar-refractivity contribution is -0.145. The predicted molar refractivity (Wildman–Crippen MR) is 181 cm³/mol. The first-order chi connectivity index (χ1) is 22.6. The zero-order valence-electron chi connectivity index (χ0n) is 30.2. The molecule has 0 aromatic carbocycles. The lowest BCUT2D eigenvalue weighted by atomic mass is 10.2. The summed E-state index contributed by atoms with van der Waals surface area (Å²) in [6, 6.07) is 0. The molecular weight excluding hydrogens is 640 g/mol. The number of hydrogen-bond acceptors (Lipinski definition) is 9. The van der Waals surface area contributed by atoms with Crippen LogP contribution in [0.2, 0.25) is 0 Å². The number of nitrogens with zero attached hydrogens (tertiary/aromatic N) is 7. The van der Waals surface area contributed by atoms with Crippen molar-refractivity contribution in [2.45, 2.75) is 39.2 Å². The number of carbonyl (C=O) groups is 8. The molecule has 0 aliphatic carbocycles. The standard InChI is InChI=1S/C32H54N8O9/c1-11-13-15-39(17-24(33)41)30(47)22-38(10)28(45)20-36(8)26(43)18-34(6)25(42)19-35(7)27(44)21-37(9)29(46)23-40(16-14-12-2)31(48)49-32(3,4)5/h11-12H,1-2,13-23H2,3-10H3,(H2,33,41). The number of hydrogen-bond donors (Lipinski definition) is 1. The molecular formula is C32H54N8O9. The first-order valence-electron chi connectivity index (χ1n) is 15.6. The number of ether oxygens (including phenoxy) is 1. The van der Waals surface area contributed by atoms with Crippen LogP contribution in [0.5, 0.6) is 0 Å². The zero-order chi connectivity index (χ0) is 38.1. The number of nitrogens with two attached hydrogens (primary N) is 1. The van der Waals surface area contributed by atoms with Crippen LogP contribution >= 0.6 is 0 Å². The topological polar surface area (TPSA) is 194 Å². The number of amides is 8. The minimum atomic E-state index is -0.768. The van der Waals surface area contributed by atoms with Crippen LogP contribution in [0.3, 0.4) is 0 Å². The van der Waals surface area contributed by atoms with E-state index < -0.39 is 66.1 Å². The van der Waals surface area contributed by atoms with Gasteiger partial charge in [0.1, 0.15) is 12.1 Å². The van der Waals surface area contributed by atoms with E-state index in [1.807, 2.05) is 0 Å². The molecule has 8 amide bonds. The Bertz CT molecular complexity index is 1230. The van der Waals surface area contributed by atoms with Gasteiger partial charge in [0.05, 0.1) is 39.3 Å². The Morgan fingerprint density at radius 1 is 0.531 bits per heavy atom. The normalized spacial score (nSPS) is 10.6. The van der Waals surface area contributed by atoms with Crippen LogP contribution in [0.4, 0.5) is 4.79 Å². The largest absolute Gasteiger partial charge is 0.444 e. The van der Waals surface area contributed by atoms with Crippen molar-refractivity contribution in [3.05, 3.63) is 25.3 Å². The third-order valence-corrected chi connectivity index (χ3v) is 6.87. The second-order valence-corrected chi connectivity index (χ2v) is 12.6. The van der Waals surface area contributed by atoms with Gasteiger partial charge in [-0.25, -0.2) is 4.79 Å². The van der Waals surface area contributed by atoms with Crippen molar-refractivity contribution in [2.24, 2.45) is 5.73 Å². The lowest BCUT2D eigenvalue weighted by Crippen LogP contribution is -2.49. The Morgan fingerprint density at radius 3 is 1.14 bits per heavy atom. The van der Waals surface area contributed by atoms with E-state index in [4.69, 9.17) is 10.5 Å². The number of primary amides is 1. The molecule has 2 N–H and O–H groups in total. The van der Waals surface area contributed by atoms with Gasteiger partial charge in [-0.1, -0.05) is 12.2 Å². The minimum absolute atomic E-state index is 0.193. The highest BCUT2D eigenvalue weighted by molar-refractivity contribution is 5.92. The summed E-state index contributed by atoms with van der Waals surface area (Å²) in [7, 11) is 6.87. The highest BCUT2D eigenvalue weighted by Crippen LogP contribution is 2.11. The van der Waals surface area contributed by atoms with Crippen LogP contribution in [0.25, 0.3) is 0 Å². The molecule has 0 heterocycles. The Kier molecular flexibility index (Phi) is 19.0. The number of carbonyl (C=O) groups excluding carboxylic acids is 8. The van der Waals surface area contributed by atoms with Crippen LogP contribution < -0.4 is 5.73 Å². The molecule has 0 atom stereocenters. The summed E-state index contributed by atoms with van der Waals surface area (Å²) in [4.78, 5) is 108. The maximum absolute atomic E-state index is 12.8. The van der Waals surface area contributed by atoms with Crippen LogP contribution in [0, 0.1) is 0 Å². The Balaban J connectivity index is 5.02. The highest BCUT2D eigenvalue weighted by Gasteiger charge is 2.27. The number of likely N-dealkylation sites (N-methyl/N-ethyl adjacent to an activating group) is 5. The molecule has 49 heavy (non-hydrogen) atoms. The van der Waals surface area contributed by atoms with E-state index >= 15 is 0 Å². The van der Waals surface area contributed by atoms with Gasteiger partial charge in [-0.05, 0) is 33.6 Å². The quantitative estimate of drug-likeness (QED) is 0.155. The summed E-state index contributed by atoms with van der Waals surface area (Å²) >= 11 is 0. The molecule has 0 aliphatic rings. The molecule has 17 heteroatoms. The molecule has 0 aromatic heterocycles. The molecule has 0 saturated carbocycles. The van der Waals surface area contributed by atoms with Crippen molar-refractivity contribution in [1.82, 2.24) is 34.3 Å². The SMILES string of the molecule is C=CCCN(CC(N)=O)C(=O)CN(C)C(=O)CN(C)C(=O)CN(C)C(=O)CN(C)C(=O)CN(C)C(=O)CN(CCC=C)C(=O)OC(C)(C)C. The van der Waals surface area contributed by atoms with Crippen molar-refractivity contribution in [2.75, 3.05) is 94.1 Å². The van der Waals surface area contributed by atoms with E-state index in [-0.39, 0.29) is 45.8 Å². The maximum Gasteiger partial charge on any atom is 0.410 e. The second kappa shape index (κ2) is 21.1. The maximum atomic E-state index is 12.8. The summed E-state index contributed by atoms with van der Waals surface area (Å²) in [5.41, 5.74) is 4.44. The fraction of sp³-hybridized carbons (Fsp3) is 0.625. The Hall–Kier alpha value is -4.96. The fourth-order valence-electron chi connectivity index (χ4n) is 3.86. The van der Waals surface area contributed by atoms with Gasteiger partial charge in [-0.3, -0.25) is 38.5 Å². The lowest BCUT2D eigenvalue weighted by Gasteiger charge is -2.29. The Labute approximate surface area is 289 Å². The monoisotopic (exact) mass is 694 g/mol. The van der Waals surface area contributed by atoms with Crippen LogP contribution in [0.1, 0.15) is 33.6 Å². The molecule has 0 fully saturated rings. The summed E-state index contributed by atoms with van der Waals surface area (Å²) < 4.78 is 5.37. The van der Waals surface area contributed by atoms with Gasteiger partial charge < -0.3 is 39.9 Å². The van der Waals surface area contributed by atoms with E-state index in [1.165, 1.54) is 45.0 Å². The summed E-state index contributed by atoms with van der Waals surface area (Å²) in [6.45, 7) is 10.2. The summed E-state index contributed by atoms with van der Waals surface area (Å²) in [6.07, 6.45) is 3.35. The van der Waals surface area contributed by atoms with Gasteiger partial charge in [0.15, 0.2) is 0 Å². The molecule has 0 bridgehead atoms. The van der Waals surface area contributed by atoms with E-state index in [0.29, 0.717) is 12.8 Å². The third-order valence-electron chi connectivity index (χ3n) is 6.87. The van der Waals surface area contributed by atoms with Gasteiger partial charge in [0, 0.05) is 48.3 Å². The van der Waals surface area contributed by atoms with E-state index in [2.05, 4.69) is 13.2 Å². The fourth-order valence-corrected chi connectivity index (χ4v) is 3.86. The van der Waals surface area contributed by atoms with Crippen molar-refractivity contribution < 1.29 is 43.1 Å². The molecule has 276 valence electrons. The van der Waals surface area contributed by atoms with E-state index in [1.54, 1.807) is 32.9 Å². The molecule has 0 spiro atoms. The first kappa shape index (κ1) is 44.0. The third kappa shape index (κ3) is 17.7. The average Bonchev–Trinajstić information content (AvgIpc) is 2.99. The van der Waals surface area contributed by atoms with Gasteiger partial charge >= 0.3 is 6.09 Å². The smallest absolute Gasteiger partial charge is 0.410 e. The number of rotatable bonds is 20. The summed E-state index contributed by atoms with van der Waals surface area (Å²) in [5, 5.41) is 0. The van der Waals surface area contributed by atoms with Gasteiger partial charge in [-0.15, -0.1) is 13.2 Å². The van der Waals surface area contributed by atoms with E-state index in [9.17, 15) is 38.4 Å². The van der Waals surface area contributed by atoms with E-state index in [0.717, 1.165) is 24.5 Å². The van der Waals surface area contributed by atoms with Crippen molar-refractivity contribution in [1.29, 1.82) is 0 Å². The van der Waals surface area contributed by atoms with Gasteiger partial charge in [-0.2, -0.15) is 0 Å². The van der Waals surface area contributed by atoms with Crippen LogP contribution in [0.15, 0.2) is 25.3 Å². The van der Waals surface area contributed by atoms with Gasteiger partial charge in [0.25, 0.3) is 0 Å². The van der Waals surface area contributed by atoms with Crippen molar-refractivity contribution in [3.8, 4) is 0 Å². The average molecular weight is 695 g/mol. The zero-order valence-corrected chi connectivity index (χ0v) is 30.2. The van der Waals surface area contributed by atoms with Crippen molar-refractivity contribution in [3.63, 3.8) is 0 Å². The Morgan fingerprint density at radius 2 is 0.837 bits per heavy atom. The molecule has 0 unspecified atom stereocenters. The molecule has 0 aromatic rings. The minimum Gasteiger partial charge on any atom is -0.444 e. The second-order valence-electron chi connectivity index (χ2n) is 12.6. The highest BCUT2D eigenvalue weighted by atomic mass is 16.6. The van der Waals surface area contributed by atoms with Crippen molar-refractivity contribution >= 4 is 47.4 Å². The molecule has 0 rings (SSSR count). The molecule has 0 radical (unpaired) electrons. The summed E-state index contributed by atoms with van der Waals surface area (Å²) in [5.74, 6) is -3.99. The molecule has 0 aliphatic heterocycles. The first-order valence-corrected chi connectivity index (χ1v) is 15.6. The predicted octanol–water partition coefficient (Wildman–Crippen LogP) is -1.02. The van der Waals surface area contributed by atoms with Crippen LogP contribution in [-0.4, -0.2) is 181 Å². The van der Waals surface area contributed by atoms with Crippen LogP contribution in [-0.2, 0) is 38.3 Å². The van der Waals surface area contributed by atoms with Gasteiger partial charge in [0.2, 0.25) is 41.4 Å².